The summed E-state index contributed by atoms with van der Waals surface area (Å²) in [5, 5.41) is 16.6. The van der Waals surface area contributed by atoms with Crippen molar-refractivity contribution in [1.29, 1.82) is 0 Å². The lowest BCUT2D eigenvalue weighted by atomic mass is 10.1. The number of para-hydroxylation sites is 2. The number of aromatic nitrogens is 2. The van der Waals surface area contributed by atoms with Crippen molar-refractivity contribution < 1.29 is 4.79 Å². The third kappa shape index (κ3) is 4.32. The molecule has 1 amide bonds. The molecular weight excluding hydrogens is 504 g/mol. The number of amides is 1. The molecule has 37 heavy (non-hydrogen) atoms. The highest BCUT2D eigenvalue weighted by Crippen LogP contribution is 2.37. The number of carbonyl (C=O) groups excluding carboxylic acids is 1. The summed E-state index contributed by atoms with van der Waals surface area (Å²) in [6.07, 6.45) is -0.643. The highest BCUT2D eigenvalue weighted by Gasteiger charge is 2.37. The van der Waals surface area contributed by atoms with Gasteiger partial charge in [-0.3, -0.25) is 15.1 Å². The van der Waals surface area contributed by atoms with E-state index in [0.717, 1.165) is 22.2 Å². The number of hydrazone groups is 1. The number of hydrogen-bond donors (Lipinski definition) is 1. The Morgan fingerprint density at radius 1 is 0.973 bits per heavy atom. The third-order valence-electron chi connectivity index (χ3n) is 6.32. The van der Waals surface area contributed by atoms with E-state index in [-0.39, 0.29) is 5.91 Å². The van der Waals surface area contributed by atoms with Gasteiger partial charge in [0.1, 0.15) is 10.9 Å². The van der Waals surface area contributed by atoms with Crippen LogP contribution in [0, 0.1) is 13.8 Å². The molecule has 1 atom stereocenters. The number of benzene rings is 3. The number of hydrogen-bond acceptors (Lipinski definition) is 6. The van der Waals surface area contributed by atoms with Crippen molar-refractivity contribution in [3.63, 3.8) is 0 Å². The molecule has 2 aliphatic heterocycles. The molecule has 0 saturated carbocycles. The monoisotopic (exact) mass is 526 g/mol. The molecule has 0 fully saturated rings. The van der Waals surface area contributed by atoms with Gasteiger partial charge in [0.2, 0.25) is 0 Å². The van der Waals surface area contributed by atoms with E-state index >= 15 is 0 Å². The van der Waals surface area contributed by atoms with Gasteiger partial charge in [-0.25, -0.2) is 9.69 Å². The Kier molecular flexibility index (Phi) is 6.06. The van der Waals surface area contributed by atoms with Crippen LogP contribution in [0.5, 0.6) is 0 Å². The number of thioether (sulfide) groups is 1. The summed E-state index contributed by atoms with van der Waals surface area (Å²) in [7, 11) is 0. The summed E-state index contributed by atoms with van der Waals surface area (Å²) in [4.78, 5) is 18.4. The summed E-state index contributed by atoms with van der Waals surface area (Å²) < 4.78 is 1.70. The summed E-state index contributed by atoms with van der Waals surface area (Å²) in [6.45, 7) is 3.96. The average molecular weight is 527 g/mol. The van der Waals surface area contributed by atoms with Crippen LogP contribution < -0.4 is 15.9 Å². The number of amidine groups is 1. The van der Waals surface area contributed by atoms with Crippen molar-refractivity contribution in [2.24, 2.45) is 10.1 Å². The molecule has 2 aliphatic rings. The van der Waals surface area contributed by atoms with Crippen molar-refractivity contribution in [2.45, 2.75) is 25.8 Å². The maximum absolute atomic E-state index is 13.5. The zero-order valence-electron chi connectivity index (χ0n) is 20.2. The SMILES string of the molecule is Cc1ccc(CSC2=NN3C(=c4ccccc4=NC3c3c(C)nn(-c4ccccc4)c3Cl)C(=O)N2)cc1. The van der Waals surface area contributed by atoms with E-state index in [0.29, 0.717) is 32.7 Å². The summed E-state index contributed by atoms with van der Waals surface area (Å²) in [5.41, 5.74) is 5.07. The molecule has 1 N–H and O–H groups in total. The van der Waals surface area contributed by atoms with Crippen LogP contribution in [0.25, 0.3) is 11.4 Å². The first-order valence-electron chi connectivity index (χ1n) is 11.8. The van der Waals surface area contributed by atoms with Gasteiger partial charge in [0.15, 0.2) is 11.3 Å². The second kappa shape index (κ2) is 9.53. The molecule has 0 bridgehead atoms. The second-order valence-electron chi connectivity index (χ2n) is 8.88. The van der Waals surface area contributed by atoms with Gasteiger partial charge in [0, 0.05) is 11.0 Å². The van der Waals surface area contributed by atoms with Gasteiger partial charge < -0.3 is 0 Å². The first-order chi connectivity index (χ1) is 18.0. The Bertz CT molecular complexity index is 1660. The molecule has 3 heterocycles. The normalized spacial score (nSPS) is 16.5. The maximum Gasteiger partial charge on any atom is 0.276 e. The number of nitrogens with zero attached hydrogens (tertiary/aromatic N) is 5. The Balaban J connectivity index is 1.44. The predicted molar refractivity (Wildman–Crippen MR) is 147 cm³/mol. The molecule has 0 saturated heterocycles. The number of fused-ring (bicyclic) bond motifs is 2. The minimum absolute atomic E-state index is 0.224. The van der Waals surface area contributed by atoms with Crippen LogP contribution in [0.2, 0.25) is 5.15 Å². The quantitative estimate of drug-likeness (QED) is 0.432. The zero-order chi connectivity index (χ0) is 25.5. The topological polar surface area (TPSA) is 74.9 Å². The van der Waals surface area contributed by atoms with E-state index < -0.39 is 6.17 Å². The fraction of sp³-hybridized carbons (Fsp3) is 0.143. The number of halogens is 1. The van der Waals surface area contributed by atoms with Crippen LogP contribution in [-0.2, 0) is 10.5 Å². The molecule has 7 nitrogen and oxygen atoms in total. The van der Waals surface area contributed by atoms with E-state index in [1.54, 1.807) is 9.69 Å². The van der Waals surface area contributed by atoms with Crippen LogP contribution in [-0.4, -0.2) is 25.9 Å². The lowest BCUT2D eigenvalue weighted by molar-refractivity contribution is -0.116. The van der Waals surface area contributed by atoms with Crippen molar-refractivity contribution in [3.8, 4) is 5.69 Å². The van der Waals surface area contributed by atoms with Crippen LogP contribution >= 0.6 is 23.4 Å². The molecule has 0 spiro atoms. The first-order valence-corrected chi connectivity index (χ1v) is 13.2. The highest BCUT2D eigenvalue weighted by atomic mass is 35.5. The molecule has 1 aromatic heterocycles. The Morgan fingerprint density at radius 3 is 2.49 bits per heavy atom. The minimum Gasteiger partial charge on any atom is -0.298 e. The molecule has 3 aromatic carbocycles. The Labute approximate surface area is 223 Å². The number of rotatable bonds is 4. The second-order valence-corrected chi connectivity index (χ2v) is 10.2. The molecule has 4 aromatic rings. The molecule has 6 rings (SSSR count). The molecule has 1 unspecified atom stereocenters. The maximum atomic E-state index is 13.5. The Hall–Kier alpha value is -3.88. The molecule has 184 valence electrons. The largest absolute Gasteiger partial charge is 0.298 e. The van der Waals surface area contributed by atoms with Crippen molar-refractivity contribution in [1.82, 2.24) is 20.1 Å². The average Bonchev–Trinajstić information content (AvgIpc) is 3.21. The lowest BCUT2D eigenvalue weighted by Crippen LogP contribution is -2.50. The van der Waals surface area contributed by atoms with Crippen LogP contribution in [0.15, 0.2) is 89.0 Å². The van der Waals surface area contributed by atoms with E-state index in [9.17, 15) is 4.79 Å². The van der Waals surface area contributed by atoms with Crippen LogP contribution in [0.3, 0.4) is 0 Å². The number of carbonyl (C=O) groups is 1. The molecular formula is C28H23ClN6OS. The van der Waals surface area contributed by atoms with Gasteiger partial charge in [-0.2, -0.15) is 5.10 Å². The fourth-order valence-corrected chi connectivity index (χ4v) is 5.64. The first kappa shape index (κ1) is 23.5. The minimum atomic E-state index is -0.643. The van der Waals surface area contributed by atoms with E-state index in [1.165, 1.54) is 17.3 Å². The third-order valence-corrected chi connectivity index (χ3v) is 7.62. The standard InChI is InChI=1S/C28H23ClN6OS/c1-17-12-14-19(15-13-17)16-37-28-31-27(36)24-21-10-6-7-11-22(21)30-26(35(24)33-28)23-18(2)32-34(25(23)29)20-8-4-3-5-9-20/h3-15,26H,16H2,1-2H3,(H,31,33,36). The van der Waals surface area contributed by atoms with E-state index in [1.807, 2.05) is 61.5 Å². The number of nitrogens with one attached hydrogen (secondary N) is 1. The fourth-order valence-electron chi connectivity index (χ4n) is 4.46. The predicted octanol–water partition coefficient (Wildman–Crippen LogP) is 4.22. The van der Waals surface area contributed by atoms with Crippen LogP contribution in [0.4, 0.5) is 0 Å². The van der Waals surface area contributed by atoms with Gasteiger partial charge >= 0.3 is 0 Å². The smallest absolute Gasteiger partial charge is 0.276 e. The summed E-state index contributed by atoms with van der Waals surface area (Å²) in [5.74, 6) is 0.449. The van der Waals surface area contributed by atoms with Crippen molar-refractivity contribution in [2.75, 3.05) is 0 Å². The van der Waals surface area contributed by atoms with Gasteiger partial charge in [-0.05, 0) is 37.6 Å². The van der Waals surface area contributed by atoms with Crippen molar-refractivity contribution in [3.05, 3.63) is 117 Å². The van der Waals surface area contributed by atoms with Gasteiger partial charge in [0.05, 0.1) is 22.3 Å². The van der Waals surface area contributed by atoms with Gasteiger partial charge in [0.25, 0.3) is 5.91 Å². The van der Waals surface area contributed by atoms with Gasteiger partial charge in [-0.1, -0.05) is 89.6 Å². The number of aryl methyl sites for hydroxylation is 2. The zero-order valence-corrected chi connectivity index (χ0v) is 21.8. The lowest BCUT2D eigenvalue weighted by Gasteiger charge is -2.34. The summed E-state index contributed by atoms with van der Waals surface area (Å²) in [6, 6.07) is 25.6. The van der Waals surface area contributed by atoms with E-state index in [4.69, 9.17) is 26.8 Å². The summed E-state index contributed by atoms with van der Waals surface area (Å²) >= 11 is 8.41. The highest BCUT2D eigenvalue weighted by molar-refractivity contribution is 8.13. The Morgan fingerprint density at radius 2 is 1.70 bits per heavy atom. The van der Waals surface area contributed by atoms with Crippen molar-refractivity contribution >= 4 is 40.1 Å². The molecule has 9 heteroatoms. The molecule has 0 aliphatic carbocycles. The molecule has 0 radical (unpaired) electrons. The van der Waals surface area contributed by atoms with Gasteiger partial charge in [-0.15, -0.1) is 5.10 Å². The van der Waals surface area contributed by atoms with Crippen LogP contribution in [0.1, 0.15) is 28.6 Å². The van der Waals surface area contributed by atoms with E-state index in [2.05, 4.69) is 36.5 Å².